The smallest absolute Gasteiger partial charge is 0.251 e. The Labute approximate surface area is 198 Å². The van der Waals surface area contributed by atoms with Crippen LogP contribution >= 0.6 is 0 Å². The number of rotatable bonds is 9. The first-order chi connectivity index (χ1) is 15.7. The van der Waals surface area contributed by atoms with Gasteiger partial charge in [0.25, 0.3) is 5.91 Å². The minimum Gasteiger partial charge on any atom is -0.369 e. The standard InChI is InChI=1S/C25H36N4O3S/c1-20(2)29(21(3)4)14-13-26-25(30)22-9-8-12-24(19-22)33(31,32)28-17-15-27(16-18-28)23-10-6-5-7-11-23/h5-12,19-21H,13-18H2,1-4H3,(H,26,30). The van der Waals surface area contributed by atoms with Gasteiger partial charge in [0.1, 0.15) is 0 Å². The molecule has 0 spiro atoms. The zero-order valence-electron chi connectivity index (χ0n) is 20.1. The van der Waals surface area contributed by atoms with E-state index in [1.54, 1.807) is 18.2 Å². The van der Waals surface area contributed by atoms with Crippen LogP contribution in [0.4, 0.5) is 5.69 Å². The van der Waals surface area contributed by atoms with Crippen LogP contribution in [0.15, 0.2) is 59.5 Å². The first-order valence-electron chi connectivity index (χ1n) is 11.6. The molecule has 2 aromatic rings. The molecule has 33 heavy (non-hydrogen) atoms. The van der Waals surface area contributed by atoms with Crippen molar-refractivity contribution in [2.45, 2.75) is 44.7 Å². The Hall–Kier alpha value is -2.42. The summed E-state index contributed by atoms with van der Waals surface area (Å²) in [6, 6.07) is 17.1. The summed E-state index contributed by atoms with van der Waals surface area (Å²) in [6.45, 7) is 11.9. The molecule has 8 heteroatoms. The van der Waals surface area contributed by atoms with Gasteiger partial charge in [0, 0.05) is 62.6 Å². The number of carbonyl (C=O) groups excluding carboxylic acids is 1. The summed E-state index contributed by atoms with van der Waals surface area (Å²) >= 11 is 0. The molecule has 0 radical (unpaired) electrons. The van der Waals surface area contributed by atoms with E-state index in [4.69, 9.17) is 0 Å². The van der Waals surface area contributed by atoms with Gasteiger partial charge in [-0.1, -0.05) is 24.3 Å². The number of para-hydroxylation sites is 1. The molecule has 0 saturated carbocycles. The zero-order valence-corrected chi connectivity index (χ0v) is 20.9. The third-order valence-corrected chi connectivity index (χ3v) is 7.97. The van der Waals surface area contributed by atoms with Gasteiger partial charge < -0.3 is 10.2 Å². The average molecular weight is 473 g/mol. The summed E-state index contributed by atoms with van der Waals surface area (Å²) in [7, 11) is -3.66. The van der Waals surface area contributed by atoms with Gasteiger partial charge >= 0.3 is 0 Å². The zero-order chi connectivity index (χ0) is 24.0. The number of nitrogens with zero attached hydrogens (tertiary/aromatic N) is 3. The molecule has 1 N–H and O–H groups in total. The van der Waals surface area contributed by atoms with Crippen molar-refractivity contribution in [3.05, 3.63) is 60.2 Å². The van der Waals surface area contributed by atoms with E-state index < -0.39 is 10.0 Å². The van der Waals surface area contributed by atoms with Crippen molar-refractivity contribution in [3.63, 3.8) is 0 Å². The fourth-order valence-corrected chi connectivity index (χ4v) is 5.75. The highest BCUT2D eigenvalue weighted by atomic mass is 32.2. The van der Waals surface area contributed by atoms with Crippen molar-refractivity contribution < 1.29 is 13.2 Å². The second-order valence-electron chi connectivity index (χ2n) is 8.94. The van der Waals surface area contributed by atoms with Crippen LogP contribution in [0, 0.1) is 0 Å². The highest BCUT2D eigenvalue weighted by Crippen LogP contribution is 2.21. The van der Waals surface area contributed by atoms with E-state index in [9.17, 15) is 13.2 Å². The molecule has 0 unspecified atom stereocenters. The highest BCUT2D eigenvalue weighted by molar-refractivity contribution is 7.89. The van der Waals surface area contributed by atoms with E-state index in [1.165, 1.54) is 10.4 Å². The van der Waals surface area contributed by atoms with E-state index in [-0.39, 0.29) is 10.8 Å². The van der Waals surface area contributed by atoms with Crippen molar-refractivity contribution in [1.29, 1.82) is 0 Å². The number of amides is 1. The third kappa shape index (κ3) is 6.34. The number of piperazine rings is 1. The van der Waals surface area contributed by atoms with Gasteiger partial charge in [-0.3, -0.25) is 9.69 Å². The molecule has 180 valence electrons. The van der Waals surface area contributed by atoms with Crippen molar-refractivity contribution in [3.8, 4) is 0 Å². The van der Waals surface area contributed by atoms with Crippen LogP contribution in [0.1, 0.15) is 38.1 Å². The minimum absolute atomic E-state index is 0.161. The number of hydrogen-bond acceptors (Lipinski definition) is 5. The summed E-state index contributed by atoms with van der Waals surface area (Å²) in [4.78, 5) is 17.3. The second-order valence-corrected chi connectivity index (χ2v) is 10.9. The van der Waals surface area contributed by atoms with Crippen LogP contribution in [0.2, 0.25) is 0 Å². The number of nitrogens with one attached hydrogen (secondary N) is 1. The fourth-order valence-electron chi connectivity index (χ4n) is 4.29. The van der Waals surface area contributed by atoms with Gasteiger partial charge in [-0.05, 0) is 58.0 Å². The Morgan fingerprint density at radius 3 is 2.18 bits per heavy atom. The minimum atomic E-state index is -3.66. The molecule has 3 rings (SSSR count). The molecule has 0 atom stereocenters. The molecule has 1 saturated heterocycles. The summed E-state index contributed by atoms with van der Waals surface area (Å²) in [5, 5.41) is 2.93. The number of sulfonamides is 1. The number of carbonyl (C=O) groups is 1. The van der Waals surface area contributed by atoms with Gasteiger partial charge in [0.05, 0.1) is 4.90 Å². The van der Waals surface area contributed by atoms with E-state index in [2.05, 4.69) is 42.8 Å². The predicted octanol–water partition coefficient (Wildman–Crippen LogP) is 3.05. The molecule has 0 bridgehead atoms. The molecular formula is C25H36N4O3S. The van der Waals surface area contributed by atoms with Gasteiger partial charge in [-0.15, -0.1) is 0 Å². The molecule has 1 heterocycles. The molecule has 1 amide bonds. The first-order valence-corrected chi connectivity index (χ1v) is 13.1. The number of benzene rings is 2. The van der Waals surface area contributed by atoms with Gasteiger partial charge in [0.2, 0.25) is 10.0 Å². The van der Waals surface area contributed by atoms with Crippen LogP contribution < -0.4 is 10.2 Å². The molecule has 0 aromatic heterocycles. The summed E-state index contributed by atoms with van der Waals surface area (Å²) in [6.07, 6.45) is 0. The van der Waals surface area contributed by atoms with E-state index >= 15 is 0 Å². The lowest BCUT2D eigenvalue weighted by molar-refractivity contribution is 0.0939. The summed E-state index contributed by atoms with van der Waals surface area (Å²) in [5.74, 6) is -0.256. The summed E-state index contributed by atoms with van der Waals surface area (Å²) in [5.41, 5.74) is 1.46. The fraction of sp³-hybridized carbons (Fsp3) is 0.480. The lowest BCUT2D eigenvalue weighted by Gasteiger charge is -2.35. The molecule has 0 aliphatic carbocycles. The van der Waals surface area contributed by atoms with Crippen LogP contribution in [-0.2, 0) is 10.0 Å². The van der Waals surface area contributed by atoms with Crippen molar-refractivity contribution in [2.75, 3.05) is 44.2 Å². The quantitative estimate of drug-likeness (QED) is 0.607. The van der Waals surface area contributed by atoms with Crippen molar-refractivity contribution in [2.24, 2.45) is 0 Å². The maximum absolute atomic E-state index is 13.2. The van der Waals surface area contributed by atoms with E-state index in [0.29, 0.717) is 50.4 Å². The normalized spacial score (nSPS) is 15.4. The molecule has 2 aromatic carbocycles. The predicted molar refractivity (Wildman–Crippen MR) is 133 cm³/mol. The Morgan fingerprint density at radius 2 is 1.58 bits per heavy atom. The third-order valence-electron chi connectivity index (χ3n) is 6.08. The summed E-state index contributed by atoms with van der Waals surface area (Å²) < 4.78 is 28.0. The van der Waals surface area contributed by atoms with Crippen LogP contribution in [0.5, 0.6) is 0 Å². The number of anilines is 1. The maximum Gasteiger partial charge on any atom is 0.251 e. The largest absolute Gasteiger partial charge is 0.369 e. The first kappa shape index (κ1) is 25.2. The molecule has 1 fully saturated rings. The Morgan fingerprint density at radius 1 is 0.939 bits per heavy atom. The van der Waals surface area contributed by atoms with Crippen molar-refractivity contribution in [1.82, 2.24) is 14.5 Å². The maximum atomic E-state index is 13.2. The monoisotopic (exact) mass is 472 g/mol. The lowest BCUT2D eigenvalue weighted by Crippen LogP contribution is -2.48. The molecule has 1 aliphatic heterocycles. The Kier molecular flexibility index (Phi) is 8.51. The van der Waals surface area contributed by atoms with Crippen LogP contribution in [0.25, 0.3) is 0 Å². The Bertz CT molecular complexity index is 1010. The van der Waals surface area contributed by atoms with Crippen molar-refractivity contribution >= 4 is 21.6 Å². The molecular weight excluding hydrogens is 436 g/mol. The topological polar surface area (TPSA) is 73.0 Å². The van der Waals surface area contributed by atoms with E-state index in [1.807, 2.05) is 30.3 Å². The van der Waals surface area contributed by atoms with Gasteiger partial charge in [-0.2, -0.15) is 4.31 Å². The second kappa shape index (κ2) is 11.1. The highest BCUT2D eigenvalue weighted by Gasteiger charge is 2.29. The average Bonchev–Trinajstić information content (AvgIpc) is 2.82. The lowest BCUT2D eigenvalue weighted by atomic mass is 10.2. The van der Waals surface area contributed by atoms with E-state index in [0.717, 1.165) is 12.2 Å². The van der Waals surface area contributed by atoms with Crippen LogP contribution in [0.3, 0.4) is 0 Å². The van der Waals surface area contributed by atoms with Crippen LogP contribution in [-0.4, -0.2) is 74.9 Å². The SMILES string of the molecule is CC(C)N(CCNC(=O)c1cccc(S(=O)(=O)N2CCN(c3ccccc3)CC2)c1)C(C)C. The van der Waals surface area contributed by atoms with Gasteiger partial charge in [-0.25, -0.2) is 8.42 Å². The van der Waals surface area contributed by atoms with Gasteiger partial charge in [0.15, 0.2) is 0 Å². The number of hydrogen-bond donors (Lipinski definition) is 1. The Balaban J connectivity index is 1.61. The molecule has 7 nitrogen and oxygen atoms in total. The molecule has 1 aliphatic rings.